The Hall–Kier alpha value is -1.05. The van der Waals surface area contributed by atoms with Crippen molar-refractivity contribution in [3.05, 3.63) is 29.8 Å². The molecule has 1 aliphatic rings. The first-order chi connectivity index (χ1) is 10.4. The number of rotatable bonds is 5. The van der Waals surface area contributed by atoms with E-state index in [9.17, 15) is 13.2 Å². The van der Waals surface area contributed by atoms with E-state index in [1.54, 1.807) is 4.31 Å². The van der Waals surface area contributed by atoms with Crippen LogP contribution in [0.1, 0.15) is 36.5 Å². The van der Waals surface area contributed by atoms with E-state index in [2.05, 4.69) is 6.92 Å². The van der Waals surface area contributed by atoms with Crippen LogP contribution in [0.25, 0.3) is 0 Å². The lowest BCUT2D eigenvalue weighted by molar-refractivity contribution is 0.1000. The first kappa shape index (κ1) is 17.3. The molecule has 1 aromatic carbocycles. The van der Waals surface area contributed by atoms with Gasteiger partial charge in [0.05, 0.1) is 4.90 Å². The molecule has 1 aromatic rings. The molecule has 0 aromatic heterocycles. The van der Waals surface area contributed by atoms with Gasteiger partial charge in [0.2, 0.25) is 15.9 Å². The van der Waals surface area contributed by atoms with Crippen LogP contribution in [0.3, 0.4) is 0 Å². The zero-order chi connectivity index (χ0) is 16.2. The zero-order valence-electron chi connectivity index (χ0n) is 12.7. The van der Waals surface area contributed by atoms with Crippen molar-refractivity contribution in [1.29, 1.82) is 0 Å². The van der Waals surface area contributed by atoms with E-state index in [0.29, 0.717) is 23.9 Å². The van der Waals surface area contributed by atoms with Crippen LogP contribution in [-0.4, -0.2) is 42.7 Å². The summed E-state index contributed by atoms with van der Waals surface area (Å²) in [7, 11) is -3.51. The van der Waals surface area contributed by atoms with E-state index in [1.165, 1.54) is 24.3 Å². The molecule has 1 amide bonds. The lowest BCUT2D eigenvalue weighted by Crippen LogP contribution is -2.35. The smallest absolute Gasteiger partial charge is 0.248 e. The van der Waals surface area contributed by atoms with Crippen molar-refractivity contribution in [3.63, 3.8) is 0 Å². The molecular weight excluding hydrogens is 320 g/mol. The summed E-state index contributed by atoms with van der Waals surface area (Å²) in [5.41, 5.74) is 5.50. The number of benzene rings is 1. The molecule has 7 heteroatoms. The minimum atomic E-state index is -3.51. The SMILES string of the molecule is CCSC1CCCCN(S(=O)(=O)c2ccc(C(N)=O)cc2)C1. The fraction of sp³-hybridized carbons (Fsp3) is 0.533. The normalized spacial score (nSPS) is 20.5. The Bertz CT molecular complexity index is 614. The van der Waals surface area contributed by atoms with Crippen molar-refractivity contribution in [1.82, 2.24) is 4.31 Å². The van der Waals surface area contributed by atoms with E-state index in [1.807, 2.05) is 11.8 Å². The van der Waals surface area contributed by atoms with E-state index < -0.39 is 15.9 Å². The fourth-order valence-corrected chi connectivity index (χ4v) is 5.31. The number of nitrogens with two attached hydrogens (primary N) is 1. The van der Waals surface area contributed by atoms with Gasteiger partial charge in [0, 0.05) is 23.9 Å². The van der Waals surface area contributed by atoms with Gasteiger partial charge in [-0.3, -0.25) is 4.79 Å². The van der Waals surface area contributed by atoms with Crippen LogP contribution in [0.15, 0.2) is 29.2 Å². The number of sulfonamides is 1. The van der Waals surface area contributed by atoms with Crippen LogP contribution in [0.5, 0.6) is 0 Å². The minimum Gasteiger partial charge on any atom is -0.366 e. The Morgan fingerprint density at radius 2 is 2.00 bits per heavy atom. The Labute approximate surface area is 136 Å². The van der Waals surface area contributed by atoms with Crippen LogP contribution < -0.4 is 5.73 Å². The molecule has 1 fully saturated rings. The predicted octanol–water partition coefficient (Wildman–Crippen LogP) is 2.08. The van der Waals surface area contributed by atoms with Gasteiger partial charge in [0.1, 0.15) is 0 Å². The highest BCUT2D eigenvalue weighted by Crippen LogP contribution is 2.26. The number of primary amides is 1. The van der Waals surface area contributed by atoms with Gasteiger partial charge in [-0.1, -0.05) is 13.3 Å². The maximum atomic E-state index is 12.8. The van der Waals surface area contributed by atoms with Crippen molar-refractivity contribution < 1.29 is 13.2 Å². The molecule has 2 rings (SSSR count). The Morgan fingerprint density at radius 3 is 2.59 bits per heavy atom. The summed E-state index contributed by atoms with van der Waals surface area (Å²) in [6.45, 7) is 3.20. The quantitative estimate of drug-likeness (QED) is 0.888. The first-order valence-electron chi connectivity index (χ1n) is 7.46. The van der Waals surface area contributed by atoms with Crippen molar-refractivity contribution in [2.75, 3.05) is 18.8 Å². The van der Waals surface area contributed by atoms with Crippen molar-refractivity contribution in [2.45, 2.75) is 36.3 Å². The van der Waals surface area contributed by atoms with Gasteiger partial charge in [0.25, 0.3) is 0 Å². The first-order valence-corrected chi connectivity index (χ1v) is 9.95. The van der Waals surface area contributed by atoms with Gasteiger partial charge in [-0.15, -0.1) is 0 Å². The molecule has 22 heavy (non-hydrogen) atoms. The molecule has 1 aliphatic heterocycles. The van der Waals surface area contributed by atoms with Crippen LogP contribution in [0.4, 0.5) is 0 Å². The monoisotopic (exact) mass is 342 g/mol. The number of carbonyl (C=O) groups excluding carboxylic acids is 1. The fourth-order valence-electron chi connectivity index (χ4n) is 2.60. The van der Waals surface area contributed by atoms with Gasteiger partial charge in [-0.2, -0.15) is 16.1 Å². The molecule has 5 nitrogen and oxygen atoms in total. The molecule has 1 saturated heterocycles. The number of hydrogen-bond donors (Lipinski definition) is 1. The van der Waals surface area contributed by atoms with Gasteiger partial charge >= 0.3 is 0 Å². The van der Waals surface area contributed by atoms with Gasteiger partial charge < -0.3 is 5.73 Å². The largest absolute Gasteiger partial charge is 0.366 e. The topological polar surface area (TPSA) is 80.5 Å². The molecule has 122 valence electrons. The highest BCUT2D eigenvalue weighted by Gasteiger charge is 2.28. The summed E-state index contributed by atoms with van der Waals surface area (Å²) in [6.07, 6.45) is 3.01. The molecule has 0 saturated carbocycles. The number of carbonyl (C=O) groups is 1. The second-order valence-corrected chi connectivity index (χ2v) is 8.84. The van der Waals surface area contributed by atoms with Crippen molar-refractivity contribution >= 4 is 27.7 Å². The van der Waals surface area contributed by atoms with E-state index in [0.717, 1.165) is 25.0 Å². The number of hydrogen-bond acceptors (Lipinski definition) is 4. The summed E-state index contributed by atoms with van der Waals surface area (Å²) < 4.78 is 27.1. The molecule has 0 radical (unpaired) electrons. The third kappa shape index (κ3) is 4.02. The highest BCUT2D eigenvalue weighted by atomic mass is 32.2. The molecule has 0 aliphatic carbocycles. The lowest BCUT2D eigenvalue weighted by atomic mass is 10.2. The summed E-state index contributed by atoms with van der Waals surface area (Å²) in [4.78, 5) is 11.3. The second-order valence-electron chi connectivity index (χ2n) is 5.32. The number of amides is 1. The predicted molar refractivity (Wildman–Crippen MR) is 89.5 cm³/mol. The molecule has 1 heterocycles. The van der Waals surface area contributed by atoms with Crippen molar-refractivity contribution in [3.8, 4) is 0 Å². The van der Waals surface area contributed by atoms with Gasteiger partial charge in [-0.05, 0) is 42.9 Å². The lowest BCUT2D eigenvalue weighted by Gasteiger charge is -2.23. The molecule has 1 unspecified atom stereocenters. The van der Waals surface area contributed by atoms with E-state index >= 15 is 0 Å². The molecular formula is C15H22N2O3S2. The maximum absolute atomic E-state index is 12.8. The summed E-state index contributed by atoms with van der Waals surface area (Å²) in [5, 5.41) is 0.354. The molecule has 0 spiro atoms. The maximum Gasteiger partial charge on any atom is 0.248 e. The highest BCUT2D eigenvalue weighted by molar-refractivity contribution is 7.99. The Kier molecular flexibility index (Phi) is 5.88. The third-order valence-corrected chi connectivity index (χ3v) is 6.84. The number of nitrogens with zero attached hydrogens (tertiary/aromatic N) is 1. The van der Waals surface area contributed by atoms with Crippen LogP contribution in [0.2, 0.25) is 0 Å². The van der Waals surface area contributed by atoms with Crippen molar-refractivity contribution in [2.24, 2.45) is 5.73 Å². The Balaban J connectivity index is 2.22. The van der Waals surface area contributed by atoms with Gasteiger partial charge in [0.15, 0.2) is 0 Å². The third-order valence-electron chi connectivity index (χ3n) is 3.77. The second kappa shape index (κ2) is 7.48. The number of thioether (sulfide) groups is 1. The van der Waals surface area contributed by atoms with E-state index in [-0.39, 0.29) is 4.90 Å². The van der Waals surface area contributed by atoms with Crippen LogP contribution in [0, 0.1) is 0 Å². The summed E-state index contributed by atoms with van der Waals surface area (Å²) >= 11 is 1.82. The Morgan fingerprint density at radius 1 is 1.32 bits per heavy atom. The van der Waals surface area contributed by atoms with E-state index in [4.69, 9.17) is 5.73 Å². The molecule has 0 bridgehead atoms. The minimum absolute atomic E-state index is 0.222. The average Bonchev–Trinajstić information content (AvgIpc) is 2.74. The molecule has 2 N–H and O–H groups in total. The van der Waals surface area contributed by atoms with Gasteiger partial charge in [-0.25, -0.2) is 8.42 Å². The van der Waals surface area contributed by atoms with Crippen LogP contribution >= 0.6 is 11.8 Å². The standard InChI is InChI=1S/C15H22N2O3S2/c1-2-21-13-5-3-4-10-17(11-13)22(19,20)14-8-6-12(7-9-14)15(16)18/h6-9,13H,2-5,10-11H2,1H3,(H2,16,18). The van der Waals surface area contributed by atoms with Crippen LogP contribution in [-0.2, 0) is 10.0 Å². The zero-order valence-corrected chi connectivity index (χ0v) is 14.3. The summed E-state index contributed by atoms with van der Waals surface area (Å²) in [5.74, 6) is 0.435. The molecule has 1 atom stereocenters. The summed E-state index contributed by atoms with van der Waals surface area (Å²) in [6, 6.07) is 5.85. The average molecular weight is 342 g/mol.